The minimum absolute atomic E-state index is 0.0453. The van der Waals surface area contributed by atoms with Gasteiger partial charge in [-0.15, -0.1) is 0 Å². The standard InChI is InChI=1S/2C16H27BO4.C10H16O3/c2*1-7-19-14(18)13-9-8-12(10-11(13)2)17-20-15(3,4)16(5,6)21-17;1-3-13-10(12)9-5-4-8(11)6-7(9)2/h10-11,13H,7-9H2,1-6H3;8,11,13H,7,9-10H2,1-6H3;7,9H,3-6H2,1-2H3/t2*11-,13+;7-,9+/m000/s1. The lowest BCUT2D eigenvalue weighted by Crippen LogP contribution is -2.41. The lowest BCUT2D eigenvalue weighted by molar-refractivity contribution is -0.152. The van der Waals surface area contributed by atoms with Crippen LogP contribution in [0.25, 0.3) is 0 Å². The summed E-state index contributed by atoms with van der Waals surface area (Å²) in [5, 5.41) is 0. The molecule has 55 heavy (non-hydrogen) atoms. The van der Waals surface area contributed by atoms with Crippen molar-refractivity contribution in [1.29, 1.82) is 0 Å². The third-order valence-electron chi connectivity index (χ3n) is 12.6. The summed E-state index contributed by atoms with van der Waals surface area (Å²) in [7, 11) is -0.582. The zero-order valence-corrected chi connectivity index (χ0v) is 36.3. The maximum Gasteiger partial charge on any atom is 0.490 e. The van der Waals surface area contributed by atoms with Gasteiger partial charge in [0.1, 0.15) is 5.78 Å². The number of ether oxygens (including phenoxy) is 3. The second-order valence-corrected chi connectivity index (χ2v) is 17.8. The summed E-state index contributed by atoms with van der Waals surface area (Å²) in [4.78, 5) is 46.3. The van der Waals surface area contributed by atoms with Crippen molar-refractivity contribution in [2.75, 3.05) is 19.8 Å². The Kier molecular flexibility index (Phi) is 16.5. The normalized spacial score (nSPS) is 30.4. The Morgan fingerprint density at radius 3 is 1.44 bits per heavy atom. The van der Waals surface area contributed by atoms with Crippen LogP contribution in [-0.2, 0) is 52.0 Å². The number of ketones is 1. The maximum absolute atomic E-state index is 11.9. The maximum atomic E-state index is 11.9. The van der Waals surface area contributed by atoms with Crippen LogP contribution in [0.2, 0.25) is 0 Å². The van der Waals surface area contributed by atoms with E-state index in [4.69, 9.17) is 32.8 Å². The van der Waals surface area contributed by atoms with Gasteiger partial charge in [-0.2, -0.15) is 0 Å². The van der Waals surface area contributed by atoms with Crippen LogP contribution < -0.4 is 0 Å². The van der Waals surface area contributed by atoms with E-state index in [9.17, 15) is 19.2 Å². The van der Waals surface area contributed by atoms with Gasteiger partial charge in [0, 0.05) is 12.8 Å². The number of allylic oxidation sites excluding steroid dienone is 4. The van der Waals surface area contributed by atoms with E-state index in [0.29, 0.717) is 45.5 Å². The van der Waals surface area contributed by atoms with Gasteiger partial charge in [-0.3, -0.25) is 19.2 Å². The molecule has 11 nitrogen and oxygen atoms in total. The van der Waals surface area contributed by atoms with Crippen molar-refractivity contribution in [3.05, 3.63) is 23.1 Å². The molecule has 6 atom stereocenters. The van der Waals surface area contributed by atoms with Crippen LogP contribution in [0.15, 0.2) is 23.1 Å². The molecule has 5 rings (SSSR count). The predicted octanol–water partition coefficient (Wildman–Crippen LogP) is 7.86. The van der Waals surface area contributed by atoms with Crippen molar-refractivity contribution in [2.45, 2.75) is 164 Å². The highest BCUT2D eigenvalue weighted by Crippen LogP contribution is 2.43. The molecule has 0 aromatic heterocycles. The summed E-state index contributed by atoms with van der Waals surface area (Å²) in [5.74, 6) is 0.374. The highest BCUT2D eigenvalue weighted by atomic mass is 16.7. The van der Waals surface area contributed by atoms with Gasteiger partial charge in [-0.1, -0.05) is 32.9 Å². The molecule has 0 spiro atoms. The van der Waals surface area contributed by atoms with Crippen molar-refractivity contribution < 1.29 is 52.0 Å². The quantitative estimate of drug-likeness (QED) is 0.136. The van der Waals surface area contributed by atoms with E-state index in [0.717, 1.165) is 30.2 Å². The first-order valence-corrected chi connectivity index (χ1v) is 20.6. The molecule has 1 saturated carbocycles. The van der Waals surface area contributed by atoms with E-state index < -0.39 is 0 Å². The SMILES string of the molecule is CCOC(=O)[C@@H]1CC=C(B2OC(C)(C)C(C)(C)O2)C[C@@H]1C.CCOC(=O)[C@@H]1CCC(=O)C[C@@H]1C.CCOC(=O)[C@@H]1CCC(B2OC(C)(C)C(C)(C)O2)=C[C@@H]1C. The lowest BCUT2D eigenvalue weighted by Gasteiger charge is -2.32. The summed E-state index contributed by atoms with van der Waals surface area (Å²) in [6.45, 7) is 29.4. The van der Waals surface area contributed by atoms with E-state index >= 15 is 0 Å². The summed E-state index contributed by atoms with van der Waals surface area (Å²) in [6.07, 6.45) is 9.12. The second kappa shape index (κ2) is 19.3. The van der Waals surface area contributed by atoms with Crippen LogP contribution >= 0.6 is 0 Å². The Hall–Kier alpha value is -2.47. The topological polar surface area (TPSA) is 133 Å². The smallest absolute Gasteiger partial charge is 0.466 e. The van der Waals surface area contributed by atoms with Crippen LogP contribution in [0.5, 0.6) is 0 Å². The van der Waals surface area contributed by atoms with Crippen molar-refractivity contribution in [2.24, 2.45) is 35.5 Å². The molecule has 0 amide bonds. The van der Waals surface area contributed by atoms with Crippen molar-refractivity contribution >= 4 is 37.9 Å². The molecular weight excluding hydrogens is 702 g/mol. The van der Waals surface area contributed by atoms with E-state index in [1.165, 1.54) is 0 Å². The number of rotatable bonds is 8. The molecule has 5 aliphatic rings. The van der Waals surface area contributed by atoms with E-state index in [1.807, 2.05) is 20.8 Å². The average Bonchev–Trinajstić information content (AvgIpc) is 3.44. The van der Waals surface area contributed by atoms with Crippen LogP contribution in [0.3, 0.4) is 0 Å². The molecule has 13 heteroatoms. The Bertz CT molecular complexity index is 1370. The second-order valence-electron chi connectivity index (χ2n) is 17.8. The number of hydrogen-bond donors (Lipinski definition) is 0. The monoisotopic (exact) mass is 773 g/mol. The highest BCUT2D eigenvalue weighted by Gasteiger charge is 2.54. The van der Waals surface area contributed by atoms with Gasteiger partial charge < -0.3 is 32.8 Å². The first-order valence-electron chi connectivity index (χ1n) is 20.6. The van der Waals surface area contributed by atoms with Crippen LogP contribution in [0.4, 0.5) is 0 Å². The zero-order chi connectivity index (χ0) is 41.5. The molecule has 0 bridgehead atoms. The van der Waals surface area contributed by atoms with E-state index in [2.05, 4.69) is 81.4 Å². The van der Waals surface area contributed by atoms with Crippen LogP contribution in [-0.4, -0.2) is 80.2 Å². The molecular formula is C42H70B2O11. The number of hydrogen-bond acceptors (Lipinski definition) is 11. The average molecular weight is 773 g/mol. The first-order chi connectivity index (χ1) is 25.5. The van der Waals surface area contributed by atoms with Gasteiger partial charge in [-0.25, -0.2) is 0 Å². The Morgan fingerprint density at radius 1 is 0.618 bits per heavy atom. The van der Waals surface area contributed by atoms with Gasteiger partial charge in [-0.05, 0) is 137 Å². The molecule has 0 aromatic rings. The van der Waals surface area contributed by atoms with Gasteiger partial charge in [0.05, 0.1) is 60.0 Å². The van der Waals surface area contributed by atoms with E-state index in [-0.39, 0.29) is 95.8 Å². The molecule has 310 valence electrons. The summed E-state index contributed by atoms with van der Waals surface area (Å²) < 4.78 is 39.6. The number of Topliss-reactive ketones (excluding diaryl/α,β-unsaturated/α-hetero) is 1. The van der Waals surface area contributed by atoms with Gasteiger partial charge >= 0.3 is 32.1 Å². The molecule has 0 aromatic carbocycles. The summed E-state index contributed by atoms with van der Waals surface area (Å²) in [5.41, 5.74) is 1.03. The Balaban J connectivity index is 0.000000229. The minimum atomic E-state index is -0.320. The zero-order valence-electron chi connectivity index (χ0n) is 36.3. The fourth-order valence-electron chi connectivity index (χ4n) is 7.57. The first kappa shape index (κ1) is 46.9. The predicted molar refractivity (Wildman–Crippen MR) is 214 cm³/mol. The van der Waals surface area contributed by atoms with Crippen molar-refractivity contribution in [3.8, 4) is 0 Å². The van der Waals surface area contributed by atoms with Crippen molar-refractivity contribution in [3.63, 3.8) is 0 Å². The summed E-state index contributed by atoms with van der Waals surface area (Å²) in [6, 6.07) is 0. The minimum Gasteiger partial charge on any atom is -0.466 e. The van der Waals surface area contributed by atoms with Gasteiger partial charge in [0.15, 0.2) is 0 Å². The Labute approximate surface area is 332 Å². The number of carbonyl (C=O) groups excluding carboxylic acids is 4. The number of carbonyl (C=O) groups is 4. The molecule has 0 unspecified atom stereocenters. The molecule has 0 N–H and O–H groups in total. The van der Waals surface area contributed by atoms with Gasteiger partial charge in [0.2, 0.25) is 0 Å². The van der Waals surface area contributed by atoms with Gasteiger partial charge in [0.25, 0.3) is 0 Å². The lowest BCUT2D eigenvalue weighted by atomic mass is 9.67. The molecule has 2 saturated heterocycles. The fourth-order valence-corrected chi connectivity index (χ4v) is 7.57. The Morgan fingerprint density at radius 2 is 1.02 bits per heavy atom. The number of esters is 3. The third kappa shape index (κ3) is 11.8. The fraction of sp³-hybridized carbons (Fsp3) is 0.810. The molecule has 3 aliphatic carbocycles. The third-order valence-corrected chi connectivity index (χ3v) is 12.6. The molecule has 0 radical (unpaired) electrons. The summed E-state index contributed by atoms with van der Waals surface area (Å²) >= 11 is 0. The van der Waals surface area contributed by atoms with Crippen molar-refractivity contribution in [1.82, 2.24) is 0 Å². The molecule has 2 aliphatic heterocycles. The van der Waals surface area contributed by atoms with Crippen LogP contribution in [0, 0.1) is 35.5 Å². The van der Waals surface area contributed by atoms with E-state index in [1.54, 1.807) is 6.92 Å². The van der Waals surface area contributed by atoms with Crippen LogP contribution in [0.1, 0.15) is 142 Å². The largest absolute Gasteiger partial charge is 0.490 e. The highest BCUT2D eigenvalue weighted by molar-refractivity contribution is 6.55. The molecule has 2 heterocycles. The molecule has 3 fully saturated rings.